The monoisotopic (exact) mass is 441 g/mol. The number of aromatic nitrogens is 2. The third-order valence-electron chi connectivity index (χ3n) is 5.80. The Kier molecular flexibility index (Phi) is 6.27. The summed E-state index contributed by atoms with van der Waals surface area (Å²) in [5.41, 5.74) is 2.12. The van der Waals surface area contributed by atoms with E-state index in [4.69, 9.17) is 0 Å². The summed E-state index contributed by atoms with van der Waals surface area (Å²) in [6, 6.07) is 5.63. The van der Waals surface area contributed by atoms with Crippen LogP contribution in [0.15, 0.2) is 34.4 Å². The number of rotatable bonds is 6. The van der Waals surface area contributed by atoms with Crippen LogP contribution in [0.5, 0.6) is 0 Å². The van der Waals surface area contributed by atoms with E-state index in [1.54, 1.807) is 4.90 Å². The van der Waals surface area contributed by atoms with Crippen molar-refractivity contribution in [2.75, 3.05) is 13.1 Å². The summed E-state index contributed by atoms with van der Waals surface area (Å²) in [5, 5.41) is 1.92. The Morgan fingerprint density at radius 3 is 2.65 bits per heavy atom. The van der Waals surface area contributed by atoms with Gasteiger partial charge in [0.1, 0.15) is 16.3 Å². The first-order valence-electron chi connectivity index (χ1n) is 10.5. The van der Waals surface area contributed by atoms with E-state index in [0.717, 1.165) is 11.1 Å². The topological polar surface area (TPSA) is 83.1 Å². The minimum absolute atomic E-state index is 0.0150. The van der Waals surface area contributed by atoms with Crippen LogP contribution in [0.4, 0.5) is 4.39 Å². The number of hydrogen-bond acceptors (Lipinski definition) is 5. The predicted octanol–water partition coefficient (Wildman–Crippen LogP) is 3.88. The van der Waals surface area contributed by atoms with Crippen LogP contribution in [0, 0.1) is 18.7 Å². The first-order valence-corrected chi connectivity index (χ1v) is 11.3. The molecule has 0 aliphatic carbocycles. The summed E-state index contributed by atoms with van der Waals surface area (Å²) in [6.45, 7) is 3.03. The van der Waals surface area contributed by atoms with Crippen molar-refractivity contribution in [3.63, 3.8) is 0 Å². The van der Waals surface area contributed by atoms with E-state index in [1.807, 2.05) is 12.3 Å². The van der Waals surface area contributed by atoms with Gasteiger partial charge in [0, 0.05) is 37.4 Å². The van der Waals surface area contributed by atoms with E-state index >= 15 is 0 Å². The summed E-state index contributed by atoms with van der Waals surface area (Å²) >= 11 is 1.39. The molecule has 3 heterocycles. The van der Waals surface area contributed by atoms with E-state index in [0.29, 0.717) is 61.3 Å². The Hall–Kier alpha value is -2.87. The second-order valence-electron chi connectivity index (χ2n) is 7.99. The fraction of sp³-hybridized carbons (Fsp3) is 0.391. The normalized spacial score (nSPS) is 14.8. The molecule has 1 aromatic carbocycles. The van der Waals surface area contributed by atoms with Crippen LogP contribution in [0.1, 0.15) is 47.4 Å². The Balaban J connectivity index is 1.27. The van der Waals surface area contributed by atoms with E-state index in [9.17, 15) is 18.8 Å². The molecule has 1 saturated heterocycles. The molecule has 8 heteroatoms. The molecule has 0 spiro atoms. The van der Waals surface area contributed by atoms with E-state index in [-0.39, 0.29) is 29.0 Å². The number of nitrogens with zero attached hydrogens (tertiary/aromatic N) is 2. The van der Waals surface area contributed by atoms with Gasteiger partial charge in [0.05, 0.1) is 5.52 Å². The molecule has 1 amide bonds. The number of carbonyl (C=O) groups is 2. The van der Waals surface area contributed by atoms with Crippen molar-refractivity contribution >= 4 is 33.2 Å². The van der Waals surface area contributed by atoms with Crippen molar-refractivity contribution in [1.82, 2.24) is 14.9 Å². The molecule has 0 atom stereocenters. The zero-order valence-electron chi connectivity index (χ0n) is 17.3. The van der Waals surface area contributed by atoms with Gasteiger partial charge in [-0.2, -0.15) is 0 Å². The molecule has 1 fully saturated rings. The van der Waals surface area contributed by atoms with Crippen molar-refractivity contribution in [2.24, 2.45) is 5.92 Å². The lowest BCUT2D eigenvalue weighted by Gasteiger charge is -2.31. The summed E-state index contributed by atoms with van der Waals surface area (Å²) in [6.07, 6.45) is 2.74. The zero-order valence-corrected chi connectivity index (χ0v) is 18.1. The summed E-state index contributed by atoms with van der Waals surface area (Å²) in [5.74, 6) is 0.186. The zero-order chi connectivity index (χ0) is 22.0. The molecule has 0 unspecified atom stereocenters. The van der Waals surface area contributed by atoms with Crippen molar-refractivity contribution in [3.8, 4) is 0 Å². The number of nitrogens with one attached hydrogen (secondary N) is 1. The van der Waals surface area contributed by atoms with Gasteiger partial charge in [-0.3, -0.25) is 14.4 Å². The number of thiophene rings is 1. The van der Waals surface area contributed by atoms with Gasteiger partial charge in [0.15, 0.2) is 5.78 Å². The maximum atomic E-state index is 13.1. The van der Waals surface area contributed by atoms with Crippen LogP contribution in [-0.4, -0.2) is 39.6 Å². The first-order chi connectivity index (χ1) is 14.9. The number of H-pyrrole nitrogens is 1. The van der Waals surface area contributed by atoms with Gasteiger partial charge in [0.25, 0.3) is 5.56 Å². The molecule has 31 heavy (non-hydrogen) atoms. The van der Waals surface area contributed by atoms with Gasteiger partial charge in [0.2, 0.25) is 5.91 Å². The van der Waals surface area contributed by atoms with Crippen molar-refractivity contribution in [1.29, 1.82) is 0 Å². The SMILES string of the molecule is Cc1csc2c(=O)[nH]c(CCCC(=O)N3CCC(C(=O)c4ccc(F)cc4)CC3)nc12. The fourth-order valence-corrected chi connectivity index (χ4v) is 4.90. The highest BCUT2D eigenvalue weighted by Gasteiger charge is 2.27. The van der Waals surface area contributed by atoms with Gasteiger partial charge in [-0.1, -0.05) is 0 Å². The Labute approximate surface area is 183 Å². The largest absolute Gasteiger partial charge is 0.343 e. The molecule has 2 aromatic heterocycles. The number of aryl methyl sites for hydroxylation is 2. The number of hydrogen-bond donors (Lipinski definition) is 1. The average Bonchev–Trinajstić information content (AvgIpc) is 3.15. The highest BCUT2D eigenvalue weighted by atomic mass is 32.1. The number of carbonyl (C=O) groups excluding carboxylic acids is 2. The lowest BCUT2D eigenvalue weighted by Crippen LogP contribution is -2.40. The van der Waals surface area contributed by atoms with Gasteiger partial charge in [-0.25, -0.2) is 9.37 Å². The number of Topliss-reactive ketones (excluding diaryl/α,β-unsaturated/α-hetero) is 1. The average molecular weight is 442 g/mol. The van der Waals surface area contributed by atoms with Crippen LogP contribution in [0.3, 0.4) is 0 Å². The molecule has 1 aliphatic heterocycles. The van der Waals surface area contributed by atoms with Gasteiger partial charge in [-0.15, -0.1) is 11.3 Å². The molecule has 1 N–H and O–H groups in total. The van der Waals surface area contributed by atoms with E-state index in [2.05, 4.69) is 9.97 Å². The van der Waals surface area contributed by atoms with Gasteiger partial charge in [-0.05, 0) is 61.4 Å². The minimum Gasteiger partial charge on any atom is -0.343 e. The maximum absolute atomic E-state index is 13.1. The molecule has 0 bridgehead atoms. The van der Waals surface area contributed by atoms with Crippen LogP contribution in [0.2, 0.25) is 0 Å². The molecular weight excluding hydrogens is 417 g/mol. The van der Waals surface area contributed by atoms with Crippen molar-refractivity contribution in [2.45, 2.75) is 39.0 Å². The van der Waals surface area contributed by atoms with Gasteiger partial charge < -0.3 is 9.88 Å². The number of benzene rings is 1. The highest BCUT2D eigenvalue weighted by Crippen LogP contribution is 2.23. The number of aromatic amines is 1. The Morgan fingerprint density at radius 1 is 1.23 bits per heavy atom. The predicted molar refractivity (Wildman–Crippen MR) is 118 cm³/mol. The number of likely N-dealkylation sites (tertiary alicyclic amines) is 1. The molecule has 1 aliphatic rings. The van der Waals surface area contributed by atoms with E-state index in [1.165, 1.54) is 35.6 Å². The Morgan fingerprint density at radius 2 is 1.94 bits per heavy atom. The first kappa shape index (κ1) is 21.4. The molecule has 4 rings (SSSR count). The number of halogens is 1. The summed E-state index contributed by atoms with van der Waals surface area (Å²) in [7, 11) is 0. The van der Waals surface area contributed by atoms with Crippen molar-refractivity contribution < 1.29 is 14.0 Å². The van der Waals surface area contributed by atoms with E-state index < -0.39 is 0 Å². The van der Waals surface area contributed by atoms with Crippen LogP contribution >= 0.6 is 11.3 Å². The number of ketones is 1. The second kappa shape index (κ2) is 9.09. The third-order valence-corrected chi connectivity index (χ3v) is 6.89. The molecule has 0 radical (unpaired) electrons. The molecule has 162 valence electrons. The summed E-state index contributed by atoms with van der Waals surface area (Å²) < 4.78 is 13.7. The third kappa shape index (κ3) is 4.74. The summed E-state index contributed by atoms with van der Waals surface area (Å²) in [4.78, 5) is 46.5. The van der Waals surface area contributed by atoms with Gasteiger partial charge >= 0.3 is 0 Å². The fourth-order valence-electron chi connectivity index (χ4n) is 4.01. The smallest absolute Gasteiger partial charge is 0.268 e. The molecule has 0 saturated carbocycles. The molecule has 3 aromatic rings. The minimum atomic E-state index is -0.360. The van der Waals surface area contributed by atoms with Crippen molar-refractivity contribution in [3.05, 3.63) is 62.8 Å². The van der Waals surface area contributed by atoms with Crippen LogP contribution < -0.4 is 5.56 Å². The quantitative estimate of drug-likeness (QED) is 0.589. The number of piperidine rings is 1. The molecular formula is C23H24FN3O3S. The number of amides is 1. The second-order valence-corrected chi connectivity index (χ2v) is 8.87. The van der Waals surface area contributed by atoms with Crippen LogP contribution in [-0.2, 0) is 11.2 Å². The highest BCUT2D eigenvalue weighted by molar-refractivity contribution is 7.17. The standard InChI is InChI=1S/C23H24FN3O3S/c1-14-13-31-22-20(14)25-18(26-23(22)30)3-2-4-19(28)27-11-9-16(10-12-27)21(29)15-5-7-17(24)8-6-15/h5-8,13,16H,2-4,9-12H2,1H3,(H,25,26,30). The lowest BCUT2D eigenvalue weighted by molar-refractivity contribution is -0.132. The lowest BCUT2D eigenvalue weighted by atomic mass is 9.88. The molecule has 6 nitrogen and oxygen atoms in total. The maximum Gasteiger partial charge on any atom is 0.268 e. The van der Waals surface area contributed by atoms with Crippen LogP contribution in [0.25, 0.3) is 10.2 Å². The number of fused-ring (bicyclic) bond motifs is 1. The Bertz CT molecular complexity index is 1160.